The number of carbonyl (C=O) groups excluding carboxylic acids is 2. The maximum absolute atomic E-state index is 13.3. The van der Waals surface area contributed by atoms with E-state index in [0.717, 1.165) is 32.8 Å². The molecular weight excluding hydrogens is 448 g/mol. The van der Waals surface area contributed by atoms with Crippen molar-refractivity contribution in [2.75, 3.05) is 26.2 Å². The van der Waals surface area contributed by atoms with Gasteiger partial charge in [0.25, 0.3) is 5.91 Å². The lowest BCUT2D eigenvalue weighted by molar-refractivity contribution is -0.131. The van der Waals surface area contributed by atoms with E-state index in [9.17, 15) is 9.59 Å². The molecule has 1 aliphatic heterocycles. The number of rotatable bonds is 6. The number of carbonyl (C=O) groups is 2. The number of benzene rings is 2. The Hall–Kier alpha value is -3.52. The smallest absolute Gasteiger partial charge is 0.255 e. The maximum atomic E-state index is 13.3. The normalized spacial score (nSPS) is 14.0. The first-order valence-electron chi connectivity index (χ1n) is 11.3. The van der Waals surface area contributed by atoms with Crippen LogP contribution in [0.5, 0.6) is 0 Å². The second-order valence-corrected chi connectivity index (χ2v) is 9.45. The van der Waals surface area contributed by atoms with Gasteiger partial charge in [0.05, 0.1) is 23.4 Å². The minimum absolute atomic E-state index is 0.000535. The number of fused-ring (bicyclic) bond motifs is 1. The van der Waals surface area contributed by atoms with Crippen LogP contribution >= 0.6 is 11.8 Å². The fourth-order valence-corrected chi connectivity index (χ4v) is 5.20. The molecule has 2 amide bonds. The number of nitrogens with one attached hydrogen (secondary N) is 1. The van der Waals surface area contributed by atoms with Crippen LogP contribution in [0.25, 0.3) is 10.9 Å². The molecule has 0 bridgehead atoms. The topological polar surface area (TPSA) is 82.4 Å². The van der Waals surface area contributed by atoms with Crippen LogP contribution in [0.15, 0.2) is 70.2 Å². The summed E-state index contributed by atoms with van der Waals surface area (Å²) in [5.74, 6) is 1.49. The molecule has 0 aliphatic carbocycles. The van der Waals surface area contributed by atoms with E-state index >= 15 is 0 Å². The van der Waals surface area contributed by atoms with Gasteiger partial charge in [-0.05, 0) is 30.7 Å². The highest BCUT2D eigenvalue weighted by Gasteiger charge is 2.26. The summed E-state index contributed by atoms with van der Waals surface area (Å²) in [5, 5.41) is 5.00. The molecule has 1 fully saturated rings. The Morgan fingerprint density at radius 1 is 1.03 bits per heavy atom. The van der Waals surface area contributed by atoms with E-state index < -0.39 is 0 Å². The van der Waals surface area contributed by atoms with Crippen molar-refractivity contribution in [1.29, 1.82) is 0 Å². The lowest BCUT2D eigenvalue weighted by atomic mass is 10.1. The summed E-state index contributed by atoms with van der Waals surface area (Å²) >= 11 is 1.57. The molecule has 0 unspecified atom stereocenters. The Morgan fingerprint density at radius 3 is 2.56 bits per heavy atom. The number of amides is 2. The summed E-state index contributed by atoms with van der Waals surface area (Å²) in [7, 11) is 0. The van der Waals surface area contributed by atoms with Gasteiger partial charge in [-0.3, -0.25) is 9.59 Å². The fraction of sp³-hybridized carbons (Fsp3) is 0.269. The molecule has 3 heterocycles. The molecule has 34 heavy (non-hydrogen) atoms. The fourth-order valence-electron chi connectivity index (χ4n) is 4.28. The van der Waals surface area contributed by atoms with Crippen molar-refractivity contribution in [2.45, 2.75) is 24.0 Å². The van der Waals surface area contributed by atoms with Gasteiger partial charge in [0.15, 0.2) is 0 Å². The zero-order valence-electron chi connectivity index (χ0n) is 19.0. The number of H-pyrrole nitrogens is 1. The van der Waals surface area contributed by atoms with Crippen molar-refractivity contribution in [1.82, 2.24) is 19.9 Å². The maximum Gasteiger partial charge on any atom is 0.255 e. The summed E-state index contributed by atoms with van der Waals surface area (Å²) in [6.07, 6.45) is 2.27. The zero-order chi connectivity index (χ0) is 23.5. The summed E-state index contributed by atoms with van der Waals surface area (Å²) in [6.45, 7) is 4.02. The van der Waals surface area contributed by atoms with Crippen molar-refractivity contribution < 1.29 is 14.1 Å². The number of aromatic nitrogens is 2. The van der Waals surface area contributed by atoms with Crippen LogP contribution in [0.2, 0.25) is 0 Å². The number of piperazine rings is 1. The van der Waals surface area contributed by atoms with Crippen molar-refractivity contribution in [3.63, 3.8) is 0 Å². The van der Waals surface area contributed by atoms with Gasteiger partial charge in [-0.15, -0.1) is 11.8 Å². The predicted molar refractivity (Wildman–Crippen MR) is 132 cm³/mol. The average Bonchev–Trinajstić information content (AvgIpc) is 3.48. The number of thioether (sulfide) groups is 1. The second-order valence-electron chi connectivity index (χ2n) is 8.43. The van der Waals surface area contributed by atoms with Gasteiger partial charge in [0.2, 0.25) is 5.91 Å². The third kappa shape index (κ3) is 4.72. The molecule has 174 valence electrons. The Morgan fingerprint density at radius 2 is 1.76 bits per heavy atom. The van der Waals surface area contributed by atoms with Crippen LogP contribution in [-0.4, -0.2) is 57.9 Å². The summed E-state index contributed by atoms with van der Waals surface area (Å²) in [4.78, 5) is 34.1. The lowest BCUT2D eigenvalue weighted by Crippen LogP contribution is -2.51. The molecule has 1 aliphatic rings. The quantitative estimate of drug-likeness (QED) is 0.422. The molecule has 0 radical (unpaired) electrons. The average molecular weight is 475 g/mol. The van der Waals surface area contributed by atoms with E-state index in [0.29, 0.717) is 43.9 Å². The standard InChI is InChI=1S/C26H26N4O3S/c1-18-14-20(33-28-18)17-34-24-9-5-3-7-22(24)26(32)30-12-10-29(11-13-30)25(31)15-19-16-27-23-8-4-2-6-21(19)23/h2-9,14,16,27H,10-13,15,17H2,1H3. The van der Waals surface area contributed by atoms with E-state index in [4.69, 9.17) is 4.52 Å². The van der Waals surface area contributed by atoms with Crippen molar-refractivity contribution >= 4 is 34.5 Å². The van der Waals surface area contributed by atoms with E-state index in [1.165, 1.54) is 0 Å². The van der Waals surface area contributed by atoms with Crippen molar-refractivity contribution in [2.24, 2.45) is 0 Å². The minimum Gasteiger partial charge on any atom is -0.361 e. The first-order chi connectivity index (χ1) is 16.6. The monoisotopic (exact) mass is 474 g/mol. The molecule has 2 aromatic carbocycles. The van der Waals surface area contributed by atoms with Gasteiger partial charge in [0, 0.05) is 54.2 Å². The van der Waals surface area contributed by atoms with Crippen LogP contribution in [-0.2, 0) is 17.0 Å². The second kappa shape index (κ2) is 9.77. The van der Waals surface area contributed by atoms with Gasteiger partial charge in [-0.2, -0.15) is 0 Å². The predicted octanol–water partition coefficient (Wildman–Crippen LogP) is 4.28. The molecule has 8 heteroatoms. The molecule has 0 spiro atoms. The molecule has 0 saturated carbocycles. The summed E-state index contributed by atoms with van der Waals surface area (Å²) in [6, 6.07) is 17.6. The molecule has 2 aromatic heterocycles. The van der Waals surface area contributed by atoms with Crippen molar-refractivity contribution in [3.05, 3.63) is 83.4 Å². The number of nitrogens with zero attached hydrogens (tertiary/aromatic N) is 3. The summed E-state index contributed by atoms with van der Waals surface area (Å²) < 4.78 is 5.29. The van der Waals surface area contributed by atoms with Crippen LogP contribution in [0.4, 0.5) is 0 Å². The largest absolute Gasteiger partial charge is 0.361 e. The lowest BCUT2D eigenvalue weighted by Gasteiger charge is -2.35. The Balaban J connectivity index is 1.19. The van der Waals surface area contributed by atoms with Crippen LogP contribution in [0.1, 0.15) is 27.4 Å². The van der Waals surface area contributed by atoms with E-state index in [-0.39, 0.29) is 11.8 Å². The minimum atomic E-state index is 0.000535. The highest BCUT2D eigenvalue weighted by Crippen LogP contribution is 2.28. The van der Waals surface area contributed by atoms with E-state index in [1.807, 2.05) is 77.5 Å². The number of hydrogen-bond donors (Lipinski definition) is 1. The number of para-hydroxylation sites is 1. The molecule has 5 rings (SSSR count). The third-order valence-corrected chi connectivity index (χ3v) is 7.20. The van der Waals surface area contributed by atoms with Crippen LogP contribution in [0, 0.1) is 6.92 Å². The van der Waals surface area contributed by atoms with Gasteiger partial charge in [0.1, 0.15) is 5.76 Å². The first-order valence-corrected chi connectivity index (χ1v) is 12.3. The number of aromatic amines is 1. The zero-order valence-corrected chi connectivity index (χ0v) is 19.8. The molecule has 1 saturated heterocycles. The molecular formula is C26H26N4O3S. The van der Waals surface area contributed by atoms with Crippen molar-refractivity contribution in [3.8, 4) is 0 Å². The Labute approximate surface area is 202 Å². The number of aryl methyl sites for hydroxylation is 1. The van der Waals surface area contributed by atoms with Crippen LogP contribution < -0.4 is 0 Å². The Kier molecular flexibility index (Phi) is 6.40. The number of hydrogen-bond acceptors (Lipinski definition) is 5. The SMILES string of the molecule is Cc1cc(CSc2ccccc2C(=O)N2CCN(C(=O)Cc3c[nH]c4ccccc34)CC2)on1. The van der Waals surface area contributed by atoms with E-state index in [1.54, 1.807) is 11.8 Å². The van der Waals surface area contributed by atoms with Gasteiger partial charge in [-0.25, -0.2) is 0 Å². The molecule has 1 N–H and O–H groups in total. The van der Waals surface area contributed by atoms with Gasteiger partial charge >= 0.3 is 0 Å². The first kappa shape index (κ1) is 22.3. The highest BCUT2D eigenvalue weighted by molar-refractivity contribution is 7.98. The van der Waals surface area contributed by atoms with Gasteiger partial charge < -0.3 is 19.3 Å². The van der Waals surface area contributed by atoms with Gasteiger partial charge in [-0.1, -0.05) is 35.5 Å². The molecule has 7 nitrogen and oxygen atoms in total. The van der Waals surface area contributed by atoms with Crippen LogP contribution in [0.3, 0.4) is 0 Å². The van der Waals surface area contributed by atoms with E-state index in [2.05, 4.69) is 10.1 Å². The summed E-state index contributed by atoms with van der Waals surface area (Å²) in [5.41, 5.74) is 3.57. The Bertz CT molecular complexity index is 1320. The molecule has 4 aromatic rings. The highest BCUT2D eigenvalue weighted by atomic mass is 32.2. The third-order valence-electron chi connectivity index (χ3n) is 6.10. The molecule has 0 atom stereocenters.